The maximum Gasteiger partial charge on any atom is 0.320 e. The molecule has 0 bridgehead atoms. The molecule has 1 aromatic heterocycles. The Kier molecular flexibility index (Phi) is 3.86. The first kappa shape index (κ1) is 11.4. The summed E-state index contributed by atoms with van der Waals surface area (Å²) in [6.07, 6.45) is 2.41. The predicted molar refractivity (Wildman–Crippen MR) is 56.1 cm³/mol. The van der Waals surface area contributed by atoms with Gasteiger partial charge in [-0.25, -0.2) is 4.98 Å². The van der Waals surface area contributed by atoms with Crippen molar-refractivity contribution >= 4 is 29.7 Å². The fourth-order valence-electron chi connectivity index (χ4n) is 1.55. The van der Waals surface area contributed by atoms with Crippen molar-refractivity contribution in [2.75, 3.05) is 6.54 Å². The molecule has 2 N–H and O–H groups in total. The van der Waals surface area contributed by atoms with Crippen LogP contribution in [-0.4, -0.2) is 28.6 Å². The molecule has 4 nitrogen and oxygen atoms in total. The minimum absolute atomic E-state index is 0. The van der Waals surface area contributed by atoms with Gasteiger partial charge in [0.15, 0.2) is 0 Å². The highest BCUT2D eigenvalue weighted by atomic mass is 35.5. The molecule has 2 atom stereocenters. The van der Waals surface area contributed by atoms with Crippen molar-refractivity contribution < 1.29 is 9.90 Å². The fraction of sp³-hybridized carbons (Fsp3) is 0.500. The van der Waals surface area contributed by atoms with Crippen LogP contribution in [0.3, 0.4) is 0 Å². The van der Waals surface area contributed by atoms with Crippen LogP contribution in [0.25, 0.3) is 0 Å². The predicted octanol–water partition coefficient (Wildman–Crippen LogP) is 1.09. The lowest BCUT2D eigenvalue weighted by Crippen LogP contribution is -2.29. The topological polar surface area (TPSA) is 62.2 Å². The Hall–Kier alpha value is -0.650. The van der Waals surface area contributed by atoms with Gasteiger partial charge in [-0.05, 0) is 6.42 Å². The number of carboxylic acids is 1. The number of hydrogen-bond donors (Lipinski definition) is 2. The zero-order valence-corrected chi connectivity index (χ0v) is 8.98. The third-order valence-corrected chi connectivity index (χ3v) is 3.17. The average molecular weight is 235 g/mol. The van der Waals surface area contributed by atoms with Gasteiger partial charge in [0.05, 0.1) is 5.01 Å². The molecule has 0 spiro atoms. The molecule has 0 aromatic carbocycles. The Balaban J connectivity index is 0.000000980. The summed E-state index contributed by atoms with van der Waals surface area (Å²) in [6.45, 7) is 0.727. The SMILES string of the molecule is Cl.O=C(O)C1CC(c2nccs2)CN1. The molecular formula is C8H11ClN2O2S. The number of aromatic nitrogens is 1. The van der Waals surface area contributed by atoms with Crippen LogP contribution in [0.5, 0.6) is 0 Å². The molecule has 6 heteroatoms. The highest BCUT2D eigenvalue weighted by Crippen LogP contribution is 2.26. The average Bonchev–Trinajstić information content (AvgIpc) is 2.75. The third kappa shape index (κ3) is 2.23. The Morgan fingerprint density at radius 1 is 1.71 bits per heavy atom. The van der Waals surface area contributed by atoms with E-state index in [1.807, 2.05) is 5.38 Å². The number of halogens is 1. The lowest BCUT2D eigenvalue weighted by atomic mass is 10.1. The number of thiazole rings is 1. The first-order chi connectivity index (χ1) is 6.27. The van der Waals surface area contributed by atoms with Gasteiger partial charge < -0.3 is 10.4 Å². The summed E-state index contributed by atoms with van der Waals surface area (Å²) in [6, 6.07) is -0.395. The number of rotatable bonds is 2. The van der Waals surface area contributed by atoms with E-state index in [0.29, 0.717) is 6.42 Å². The summed E-state index contributed by atoms with van der Waals surface area (Å²) >= 11 is 1.59. The molecule has 2 unspecified atom stereocenters. The van der Waals surface area contributed by atoms with E-state index < -0.39 is 12.0 Å². The van der Waals surface area contributed by atoms with Crippen molar-refractivity contribution in [3.05, 3.63) is 16.6 Å². The molecule has 0 saturated carbocycles. The lowest BCUT2D eigenvalue weighted by molar-refractivity contribution is -0.139. The Labute approximate surface area is 91.8 Å². The van der Waals surface area contributed by atoms with Gasteiger partial charge in [-0.3, -0.25) is 4.79 Å². The molecular weight excluding hydrogens is 224 g/mol. The smallest absolute Gasteiger partial charge is 0.320 e. The highest BCUT2D eigenvalue weighted by molar-refractivity contribution is 7.09. The summed E-state index contributed by atoms with van der Waals surface area (Å²) in [5, 5.41) is 14.7. The molecule has 0 amide bonds. The van der Waals surface area contributed by atoms with Gasteiger partial charge in [0.25, 0.3) is 0 Å². The summed E-state index contributed by atoms with van der Waals surface area (Å²) in [4.78, 5) is 14.8. The molecule has 1 aliphatic rings. The van der Waals surface area contributed by atoms with Crippen LogP contribution in [0.2, 0.25) is 0 Å². The number of aliphatic carboxylic acids is 1. The van der Waals surface area contributed by atoms with Gasteiger partial charge in [0.1, 0.15) is 6.04 Å². The van der Waals surface area contributed by atoms with Crippen LogP contribution in [0.15, 0.2) is 11.6 Å². The zero-order valence-electron chi connectivity index (χ0n) is 7.34. The van der Waals surface area contributed by atoms with Crippen LogP contribution in [0, 0.1) is 0 Å². The van der Waals surface area contributed by atoms with Gasteiger partial charge in [-0.1, -0.05) is 0 Å². The van der Waals surface area contributed by atoms with Crippen molar-refractivity contribution in [3.63, 3.8) is 0 Å². The number of nitrogens with one attached hydrogen (secondary N) is 1. The number of hydrogen-bond acceptors (Lipinski definition) is 4. The Morgan fingerprint density at radius 2 is 2.50 bits per heavy atom. The summed E-state index contributed by atoms with van der Waals surface area (Å²) < 4.78 is 0. The molecule has 1 fully saturated rings. The van der Waals surface area contributed by atoms with Crippen LogP contribution >= 0.6 is 23.7 Å². The van der Waals surface area contributed by atoms with E-state index in [1.54, 1.807) is 17.5 Å². The number of nitrogens with zero attached hydrogens (tertiary/aromatic N) is 1. The van der Waals surface area contributed by atoms with Crippen LogP contribution in [0.1, 0.15) is 17.3 Å². The lowest BCUT2D eigenvalue weighted by Gasteiger charge is -2.02. The van der Waals surface area contributed by atoms with Crippen LogP contribution in [0.4, 0.5) is 0 Å². The van der Waals surface area contributed by atoms with Crippen molar-refractivity contribution in [1.29, 1.82) is 0 Å². The largest absolute Gasteiger partial charge is 0.480 e. The van der Waals surface area contributed by atoms with Crippen molar-refractivity contribution in [1.82, 2.24) is 10.3 Å². The minimum atomic E-state index is -0.765. The van der Waals surface area contributed by atoms with E-state index in [-0.39, 0.29) is 18.3 Å². The molecule has 14 heavy (non-hydrogen) atoms. The summed E-state index contributed by atoms with van der Waals surface area (Å²) in [5.74, 6) is -0.486. The molecule has 1 saturated heterocycles. The highest BCUT2D eigenvalue weighted by Gasteiger charge is 2.31. The van der Waals surface area contributed by atoms with Crippen molar-refractivity contribution in [2.45, 2.75) is 18.4 Å². The first-order valence-electron chi connectivity index (χ1n) is 4.13. The summed E-state index contributed by atoms with van der Waals surface area (Å²) in [5.41, 5.74) is 0. The van der Waals surface area contributed by atoms with Gasteiger partial charge in [0.2, 0.25) is 0 Å². The molecule has 78 valence electrons. The fourth-order valence-corrected chi connectivity index (χ4v) is 2.30. The van der Waals surface area contributed by atoms with E-state index in [9.17, 15) is 4.79 Å². The van der Waals surface area contributed by atoms with E-state index >= 15 is 0 Å². The Morgan fingerprint density at radius 3 is 3.00 bits per heavy atom. The summed E-state index contributed by atoms with van der Waals surface area (Å²) in [7, 11) is 0. The molecule has 0 radical (unpaired) electrons. The van der Waals surface area contributed by atoms with Gasteiger partial charge in [0, 0.05) is 24.0 Å². The van der Waals surface area contributed by atoms with Crippen molar-refractivity contribution in [3.8, 4) is 0 Å². The van der Waals surface area contributed by atoms with Crippen molar-refractivity contribution in [2.24, 2.45) is 0 Å². The quantitative estimate of drug-likeness (QED) is 0.805. The van der Waals surface area contributed by atoms with Gasteiger partial charge in [-0.2, -0.15) is 0 Å². The second kappa shape index (κ2) is 4.72. The van der Waals surface area contributed by atoms with Crippen LogP contribution < -0.4 is 5.32 Å². The van der Waals surface area contributed by atoms with E-state index in [4.69, 9.17) is 5.11 Å². The number of carboxylic acid groups (broad SMARTS) is 1. The molecule has 2 rings (SSSR count). The molecule has 0 aliphatic carbocycles. The molecule has 1 aromatic rings. The molecule has 1 aliphatic heterocycles. The standard InChI is InChI=1S/C8H10N2O2S.ClH/c11-8(12)6-3-5(4-10-6)7-9-1-2-13-7;/h1-2,5-6,10H,3-4H2,(H,11,12);1H. The van der Waals surface area contributed by atoms with Gasteiger partial charge >= 0.3 is 5.97 Å². The minimum Gasteiger partial charge on any atom is -0.480 e. The monoisotopic (exact) mass is 234 g/mol. The first-order valence-corrected chi connectivity index (χ1v) is 5.01. The molecule has 2 heterocycles. The zero-order chi connectivity index (χ0) is 9.26. The van der Waals surface area contributed by atoms with Gasteiger partial charge in [-0.15, -0.1) is 23.7 Å². The normalized spacial score (nSPS) is 25.7. The second-order valence-electron chi connectivity index (χ2n) is 3.10. The maximum atomic E-state index is 10.6. The van der Waals surface area contributed by atoms with E-state index in [1.165, 1.54) is 0 Å². The number of carbonyl (C=O) groups is 1. The van der Waals surface area contributed by atoms with Crippen LogP contribution in [-0.2, 0) is 4.79 Å². The van der Waals surface area contributed by atoms with E-state index in [0.717, 1.165) is 11.6 Å². The Bertz CT molecular complexity index is 304. The maximum absolute atomic E-state index is 10.6. The third-order valence-electron chi connectivity index (χ3n) is 2.23. The van der Waals surface area contributed by atoms with E-state index in [2.05, 4.69) is 10.3 Å². The second-order valence-corrected chi connectivity index (χ2v) is 4.03.